The van der Waals surface area contributed by atoms with Gasteiger partial charge in [-0.1, -0.05) is 29.8 Å². The molecule has 0 bridgehead atoms. The molecule has 4 nitrogen and oxygen atoms in total. The van der Waals surface area contributed by atoms with Gasteiger partial charge in [0.1, 0.15) is 5.82 Å². The molecule has 0 radical (unpaired) electrons. The molecule has 1 aliphatic rings. The van der Waals surface area contributed by atoms with Gasteiger partial charge in [-0.3, -0.25) is 0 Å². The number of halogens is 2. The number of rotatable bonds is 6. The van der Waals surface area contributed by atoms with Crippen molar-refractivity contribution in [3.05, 3.63) is 71.1 Å². The molecule has 4 rings (SSSR count). The molecule has 1 aromatic heterocycles. The van der Waals surface area contributed by atoms with Crippen molar-refractivity contribution in [2.24, 2.45) is 5.92 Å². The lowest BCUT2D eigenvalue weighted by Crippen LogP contribution is -2.27. The van der Waals surface area contributed by atoms with Crippen LogP contribution in [0.15, 0.2) is 54.7 Å². The normalized spacial score (nSPS) is 15.1. The first kappa shape index (κ1) is 19.1. The van der Waals surface area contributed by atoms with Gasteiger partial charge >= 0.3 is 0 Å². The summed E-state index contributed by atoms with van der Waals surface area (Å²) in [6.07, 6.45) is 4.18. The molecule has 2 heterocycles. The van der Waals surface area contributed by atoms with E-state index >= 15 is 0 Å². The molecule has 2 aromatic carbocycles. The Morgan fingerprint density at radius 3 is 2.61 bits per heavy atom. The van der Waals surface area contributed by atoms with Crippen molar-refractivity contribution in [2.45, 2.75) is 19.4 Å². The van der Waals surface area contributed by atoms with Gasteiger partial charge in [-0.25, -0.2) is 9.07 Å². The second kappa shape index (κ2) is 8.86. The van der Waals surface area contributed by atoms with E-state index in [9.17, 15) is 4.39 Å². The van der Waals surface area contributed by atoms with Crippen molar-refractivity contribution >= 4 is 11.6 Å². The third kappa shape index (κ3) is 4.43. The fraction of sp³-hybridized carbons (Fsp3) is 0.318. The first-order chi connectivity index (χ1) is 13.7. The van der Waals surface area contributed by atoms with Crippen LogP contribution in [0.4, 0.5) is 4.39 Å². The molecule has 1 N–H and O–H groups in total. The third-order valence-corrected chi connectivity index (χ3v) is 5.43. The molecule has 1 aliphatic heterocycles. The molecule has 0 atom stereocenters. The maximum Gasteiger partial charge on any atom is 0.123 e. The summed E-state index contributed by atoms with van der Waals surface area (Å²) in [5.41, 5.74) is 3.61. The van der Waals surface area contributed by atoms with Crippen LogP contribution in [0.2, 0.25) is 5.02 Å². The second-order valence-corrected chi connectivity index (χ2v) is 7.50. The van der Waals surface area contributed by atoms with E-state index in [1.165, 1.54) is 12.1 Å². The fourth-order valence-corrected chi connectivity index (χ4v) is 3.73. The predicted octanol–water partition coefficient (Wildman–Crippen LogP) is 4.85. The first-order valence-electron chi connectivity index (χ1n) is 9.58. The molecule has 28 heavy (non-hydrogen) atoms. The van der Waals surface area contributed by atoms with E-state index in [2.05, 4.69) is 5.32 Å². The van der Waals surface area contributed by atoms with Gasteiger partial charge in [0, 0.05) is 37.1 Å². The van der Waals surface area contributed by atoms with Gasteiger partial charge in [0.25, 0.3) is 0 Å². The van der Waals surface area contributed by atoms with E-state index in [-0.39, 0.29) is 5.82 Å². The largest absolute Gasteiger partial charge is 0.381 e. The van der Waals surface area contributed by atoms with Crippen LogP contribution in [-0.2, 0) is 11.3 Å². The minimum atomic E-state index is -0.263. The number of hydrogen-bond acceptors (Lipinski definition) is 3. The smallest absolute Gasteiger partial charge is 0.123 e. The molecule has 1 saturated heterocycles. The Morgan fingerprint density at radius 1 is 1.11 bits per heavy atom. The van der Waals surface area contributed by atoms with Gasteiger partial charge in [0.15, 0.2) is 0 Å². The minimum Gasteiger partial charge on any atom is -0.381 e. The highest BCUT2D eigenvalue weighted by Gasteiger charge is 2.17. The van der Waals surface area contributed by atoms with Gasteiger partial charge in [-0.05, 0) is 55.6 Å². The van der Waals surface area contributed by atoms with Crippen LogP contribution >= 0.6 is 11.6 Å². The molecule has 1 fully saturated rings. The summed E-state index contributed by atoms with van der Waals surface area (Å²) in [5.74, 6) is 0.380. The van der Waals surface area contributed by atoms with Crippen LogP contribution in [0, 0.1) is 11.7 Å². The summed E-state index contributed by atoms with van der Waals surface area (Å²) in [6, 6.07) is 14.0. The Morgan fingerprint density at radius 2 is 1.86 bits per heavy atom. The lowest BCUT2D eigenvalue weighted by atomic mass is 10.0. The Kier molecular flexibility index (Phi) is 6.05. The SMILES string of the molecule is Fc1ccc(-n2cc(CNCC3CCOCC3)c(-c3ccccc3Cl)n2)cc1. The van der Waals surface area contributed by atoms with Crippen LogP contribution < -0.4 is 5.32 Å². The van der Waals surface area contributed by atoms with Gasteiger partial charge in [0.2, 0.25) is 0 Å². The lowest BCUT2D eigenvalue weighted by Gasteiger charge is -2.22. The summed E-state index contributed by atoms with van der Waals surface area (Å²) in [5, 5.41) is 8.98. The van der Waals surface area contributed by atoms with Crippen molar-refractivity contribution in [3.63, 3.8) is 0 Å². The van der Waals surface area contributed by atoms with Gasteiger partial charge in [0.05, 0.1) is 16.4 Å². The zero-order valence-corrected chi connectivity index (χ0v) is 16.3. The number of nitrogens with one attached hydrogen (secondary N) is 1. The Hall–Kier alpha value is -2.21. The van der Waals surface area contributed by atoms with Gasteiger partial charge < -0.3 is 10.1 Å². The lowest BCUT2D eigenvalue weighted by molar-refractivity contribution is 0.0662. The Balaban J connectivity index is 1.59. The predicted molar refractivity (Wildman–Crippen MR) is 109 cm³/mol. The highest BCUT2D eigenvalue weighted by atomic mass is 35.5. The Bertz CT molecular complexity index is 920. The molecule has 0 unspecified atom stereocenters. The molecule has 6 heteroatoms. The summed E-state index contributed by atoms with van der Waals surface area (Å²) in [6.45, 7) is 3.34. The zero-order valence-electron chi connectivity index (χ0n) is 15.6. The minimum absolute atomic E-state index is 0.263. The quantitative estimate of drug-likeness (QED) is 0.644. The highest BCUT2D eigenvalue weighted by molar-refractivity contribution is 6.33. The van der Waals surface area contributed by atoms with Crippen LogP contribution in [0.5, 0.6) is 0 Å². The molecule has 0 saturated carbocycles. The van der Waals surface area contributed by atoms with E-state index in [4.69, 9.17) is 21.4 Å². The average molecular weight is 400 g/mol. The number of nitrogens with zero attached hydrogens (tertiary/aromatic N) is 2. The average Bonchev–Trinajstić information content (AvgIpc) is 3.13. The monoisotopic (exact) mass is 399 g/mol. The van der Waals surface area contributed by atoms with E-state index in [0.717, 1.165) is 55.1 Å². The van der Waals surface area contributed by atoms with E-state index in [1.807, 2.05) is 30.5 Å². The fourth-order valence-electron chi connectivity index (χ4n) is 3.51. The zero-order chi connectivity index (χ0) is 19.3. The van der Waals surface area contributed by atoms with Crippen molar-refractivity contribution in [1.29, 1.82) is 0 Å². The molecule has 0 aliphatic carbocycles. The van der Waals surface area contributed by atoms with Crippen molar-refractivity contribution in [2.75, 3.05) is 19.8 Å². The topological polar surface area (TPSA) is 39.1 Å². The maximum atomic E-state index is 13.3. The Labute approximate surface area is 169 Å². The molecular weight excluding hydrogens is 377 g/mol. The van der Waals surface area contributed by atoms with Crippen molar-refractivity contribution < 1.29 is 9.13 Å². The number of ether oxygens (including phenoxy) is 1. The number of hydrogen-bond donors (Lipinski definition) is 1. The molecule has 3 aromatic rings. The van der Waals surface area contributed by atoms with E-state index < -0.39 is 0 Å². The maximum absolute atomic E-state index is 13.3. The first-order valence-corrected chi connectivity index (χ1v) is 9.96. The number of benzene rings is 2. The third-order valence-electron chi connectivity index (χ3n) is 5.10. The van der Waals surface area contributed by atoms with E-state index in [1.54, 1.807) is 16.8 Å². The summed E-state index contributed by atoms with van der Waals surface area (Å²) in [4.78, 5) is 0. The summed E-state index contributed by atoms with van der Waals surface area (Å²) < 4.78 is 20.5. The van der Waals surface area contributed by atoms with E-state index in [0.29, 0.717) is 17.5 Å². The van der Waals surface area contributed by atoms with Crippen molar-refractivity contribution in [1.82, 2.24) is 15.1 Å². The summed E-state index contributed by atoms with van der Waals surface area (Å²) in [7, 11) is 0. The van der Waals surface area contributed by atoms with Gasteiger partial charge in [-0.15, -0.1) is 0 Å². The second-order valence-electron chi connectivity index (χ2n) is 7.09. The van der Waals surface area contributed by atoms with Crippen LogP contribution in [0.3, 0.4) is 0 Å². The van der Waals surface area contributed by atoms with Gasteiger partial charge in [-0.2, -0.15) is 5.10 Å². The molecular formula is C22H23ClFN3O. The molecule has 0 spiro atoms. The van der Waals surface area contributed by atoms with Crippen molar-refractivity contribution in [3.8, 4) is 16.9 Å². The number of aromatic nitrogens is 2. The standard InChI is InChI=1S/C22H23ClFN3O/c23-21-4-2-1-3-20(21)22-17(14-25-13-16-9-11-28-12-10-16)15-27(26-22)19-7-5-18(24)6-8-19/h1-8,15-16,25H,9-14H2. The summed E-state index contributed by atoms with van der Waals surface area (Å²) >= 11 is 6.43. The molecule has 0 amide bonds. The highest BCUT2D eigenvalue weighted by Crippen LogP contribution is 2.30. The molecule has 146 valence electrons. The van der Waals surface area contributed by atoms with Crippen LogP contribution in [0.1, 0.15) is 18.4 Å². The van der Waals surface area contributed by atoms with Crippen LogP contribution in [0.25, 0.3) is 16.9 Å². The van der Waals surface area contributed by atoms with Crippen LogP contribution in [-0.4, -0.2) is 29.5 Å².